The van der Waals surface area contributed by atoms with Crippen molar-refractivity contribution in [2.24, 2.45) is 0 Å². The molecule has 0 spiro atoms. The number of rotatable bonds is 3. The monoisotopic (exact) mass is 214 g/mol. The molecule has 3 heteroatoms. The molecule has 3 nitrogen and oxygen atoms in total. The molecule has 2 rings (SSSR count). The van der Waals surface area contributed by atoms with E-state index in [9.17, 15) is 4.79 Å². The molecular formula is C13H14N2O. The van der Waals surface area contributed by atoms with Gasteiger partial charge in [0.2, 0.25) is 0 Å². The molecule has 0 saturated carbocycles. The van der Waals surface area contributed by atoms with Gasteiger partial charge in [-0.05, 0) is 42.5 Å². The average Bonchev–Trinajstić information content (AvgIpc) is 2.76. The van der Waals surface area contributed by atoms with Crippen LogP contribution in [0.25, 0.3) is 0 Å². The molecule has 16 heavy (non-hydrogen) atoms. The number of carbonyl (C=O) groups is 1. The predicted molar refractivity (Wildman–Crippen MR) is 61.0 cm³/mol. The van der Waals surface area contributed by atoms with Gasteiger partial charge in [-0.15, -0.1) is 0 Å². The fourth-order valence-corrected chi connectivity index (χ4v) is 2.05. The minimum atomic E-state index is -0.0787. The molecular weight excluding hydrogens is 200 g/mol. The third-order valence-corrected chi connectivity index (χ3v) is 2.88. The minimum absolute atomic E-state index is 0.0787. The van der Waals surface area contributed by atoms with Crippen LogP contribution in [0.1, 0.15) is 34.3 Å². The highest BCUT2D eigenvalue weighted by molar-refractivity contribution is 5.94. The molecule has 1 aromatic carbocycles. The van der Waals surface area contributed by atoms with Gasteiger partial charge in [0.1, 0.15) is 0 Å². The lowest BCUT2D eigenvalue weighted by Gasteiger charge is -2.05. The number of hydrogen-bond donors (Lipinski definition) is 1. The number of nitriles is 1. The van der Waals surface area contributed by atoms with Crippen molar-refractivity contribution in [2.45, 2.75) is 25.7 Å². The standard InChI is InChI=1S/C13H14N2O/c14-7-2-8-15-13(16)12-6-5-10-3-1-4-11(10)9-12/h5-6,9H,1-4,8H2,(H,15,16). The summed E-state index contributed by atoms with van der Waals surface area (Å²) in [5.41, 5.74) is 3.38. The first-order chi connectivity index (χ1) is 7.81. The molecule has 0 saturated heterocycles. The number of hydrogen-bond acceptors (Lipinski definition) is 2. The summed E-state index contributed by atoms with van der Waals surface area (Å²) in [6.45, 7) is 0.423. The summed E-state index contributed by atoms with van der Waals surface area (Å²) in [7, 11) is 0. The normalized spacial score (nSPS) is 12.9. The Labute approximate surface area is 95.1 Å². The lowest BCUT2D eigenvalue weighted by atomic mass is 10.1. The molecule has 0 aromatic heterocycles. The van der Waals surface area contributed by atoms with E-state index in [4.69, 9.17) is 5.26 Å². The molecule has 1 N–H and O–H groups in total. The summed E-state index contributed by atoms with van der Waals surface area (Å²) in [5.74, 6) is -0.0787. The van der Waals surface area contributed by atoms with E-state index in [2.05, 4.69) is 5.32 Å². The van der Waals surface area contributed by atoms with Crippen molar-refractivity contribution in [2.75, 3.05) is 6.54 Å². The number of nitrogens with one attached hydrogen (secondary N) is 1. The number of amides is 1. The maximum Gasteiger partial charge on any atom is 0.251 e. The third kappa shape index (κ3) is 2.22. The van der Waals surface area contributed by atoms with Crippen LogP contribution >= 0.6 is 0 Å². The maximum atomic E-state index is 11.7. The lowest BCUT2D eigenvalue weighted by molar-refractivity contribution is 0.0954. The summed E-state index contributed by atoms with van der Waals surface area (Å²) < 4.78 is 0. The van der Waals surface area contributed by atoms with Crippen molar-refractivity contribution in [3.8, 4) is 6.07 Å². The van der Waals surface area contributed by atoms with Crippen molar-refractivity contribution in [1.82, 2.24) is 5.32 Å². The molecule has 0 heterocycles. The molecule has 0 atom stereocenters. The molecule has 0 bridgehead atoms. The number of aryl methyl sites for hydroxylation is 2. The summed E-state index contributed by atoms with van der Waals surface area (Å²) in [5, 5.41) is 11.1. The molecule has 1 amide bonds. The van der Waals surface area contributed by atoms with Crippen molar-refractivity contribution in [3.63, 3.8) is 0 Å². The number of nitrogens with zero attached hydrogens (tertiary/aromatic N) is 1. The Kier molecular flexibility index (Phi) is 3.21. The Hall–Kier alpha value is -1.82. The van der Waals surface area contributed by atoms with Gasteiger partial charge in [-0.25, -0.2) is 0 Å². The SMILES string of the molecule is N#CCCNC(=O)c1ccc2c(c1)CCC2. The second-order valence-corrected chi connectivity index (χ2v) is 4.00. The van der Waals surface area contributed by atoms with Crippen LogP contribution in [-0.2, 0) is 12.8 Å². The summed E-state index contributed by atoms with van der Waals surface area (Å²) in [6, 6.07) is 7.89. The fourth-order valence-electron chi connectivity index (χ4n) is 2.05. The van der Waals surface area contributed by atoms with Gasteiger partial charge in [0.05, 0.1) is 12.5 Å². The van der Waals surface area contributed by atoms with Crippen LogP contribution in [0.15, 0.2) is 18.2 Å². The second kappa shape index (κ2) is 4.80. The molecule has 0 fully saturated rings. The molecule has 1 aliphatic carbocycles. The Balaban J connectivity index is 2.04. The highest BCUT2D eigenvalue weighted by atomic mass is 16.1. The quantitative estimate of drug-likeness (QED) is 0.780. The van der Waals surface area contributed by atoms with Gasteiger partial charge in [-0.2, -0.15) is 5.26 Å². The zero-order chi connectivity index (χ0) is 11.4. The van der Waals surface area contributed by atoms with Crippen LogP contribution in [0.4, 0.5) is 0 Å². The molecule has 0 unspecified atom stereocenters. The van der Waals surface area contributed by atoms with Crippen LogP contribution in [0.2, 0.25) is 0 Å². The first-order valence-corrected chi connectivity index (χ1v) is 5.58. The van der Waals surface area contributed by atoms with Crippen molar-refractivity contribution < 1.29 is 4.79 Å². The van der Waals surface area contributed by atoms with Crippen LogP contribution in [0.3, 0.4) is 0 Å². The van der Waals surface area contributed by atoms with E-state index in [1.54, 1.807) is 0 Å². The largest absolute Gasteiger partial charge is 0.351 e. The van der Waals surface area contributed by atoms with E-state index in [1.165, 1.54) is 17.5 Å². The van der Waals surface area contributed by atoms with Crippen molar-refractivity contribution >= 4 is 5.91 Å². The van der Waals surface area contributed by atoms with E-state index in [1.807, 2.05) is 24.3 Å². The first-order valence-electron chi connectivity index (χ1n) is 5.58. The van der Waals surface area contributed by atoms with E-state index in [0.29, 0.717) is 18.5 Å². The third-order valence-electron chi connectivity index (χ3n) is 2.88. The smallest absolute Gasteiger partial charge is 0.251 e. The van der Waals surface area contributed by atoms with Gasteiger partial charge in [-0.3, -0.25) is 4.79 Å². The molecule has 1 aromatic rings. The first kappa shape index (κ1) is 10.7. The van der Waals surface area contributed by atoms with Crippen LogP contribution in [0.5, 0.6) is 0 Å². The van der Waals surface area contributed by atoms with Crippen molar-refractivity contribution in [1.29, 1.82) is 5.26 Å². The van der Waals surface area contributed by atoms with Gasteiger partial charge in [0.15, 0.2) is 0 Å². The molecule has 82 valence electrons. The molecule has 0 aliphatic heterocycles. The zero-order valence-corrected chi connectivity index (χ0v) is 9.12. The zero-order valence-electron chi connectivity index (χ0n) is 9.12. The second-order valence-electron chi connectivity index (χ2n) is 4.00. The topological polar surface area (TPSA) is 52.9 Å². The van der Waals surface area contributed by atoms with Gasteiger partial charge >= 0.3 is 0 Å². The lowest BCUT2D eigenvalue weighted by Crippen LogP contribution is -2.24. The Bertz CT molecular complexity index is 446. The maximum absolute atomic E-state index is 11.7. The Morgan fingerprint density at radius 1 is 1.38 bits per heavy atom. The van der Waals surface area contributed by atoms with Gasteiger partial charge in [0.25, 0.3) is 5.91 Å². The van der Waals surface area contributed by atoms with Crippen LogP contribution in [0, 0.1) is 11.3 Å². The number of benzene rings is 1. The Morgan fingerprint density at radius 3 is 3.00 bits per heavy atom. The summed E-state index contributed by atoms with van der Waals surface area (Å²) in [6.07, 6.45) is 3.76. The predicted octanol–water partition coefficient (Wildman–Crippen LogP) is 1.82. The number of carbonyl (C=O) groups excluding carboxylic acids is 1. The highest BCUT2D eigenvalue weighted by Gasteiger charge is 2.13. The highest BCUT2D eigenvalue weighted by Crippen LogP contribution is 2.22. The molecule has 0 radical (unpaired) electrons. The van der Waals surface area contributed by atoms with Crippen LogP contribution < -0.4 is 5.32 Å². The van der Waals surface area contributed by atoms with Gasteiger partial charge in [-0.1, -0.05) is 6.07 Å². The van der Waals surface area contributed by atoms with Crippen LogP contribution in [-0.4, -0.2) is 12.5 Å². The average molecular weight is 214 g/mol. The van der Waals surface area contributed by atoms with E-state index < -0.39 is 0 Å². The Morgan fingerprint density at radius 2 is 2.19 bits per heavy atom. The number of fused-ring (bicyclic) bond motifs is 1. The summed E-state index contributed by atoms with van der Waals surface area (Å²) >= 11 is 0. The van der Waals surface area contributed by atoms with E-state index in [0.717, 1.165) is 12.8 Å². The van der Waals surface area contributed by atoms with Gasteiger partial charge in [0, 0.05) is 12.1 Å². The fraction of sp³-hybridized carbons (Fsp3) is 0.385. The van der Waals surface area contributed by atoms with Crippen molar-refractivity contribution in [3.05, 3.63) is 34.9 Å². The summed E-state index contributed by atoms with van der Waals surface area (Å²) in [4.78, 5) is 11.7. The van der Waals surface area contributed by atoms with E-state index >= 15 is 0 Å². The van der Waals surface area contributed by atoms with Gasteiger partial charge < -0.3 is 5.32 Å². The minimum Gasteiger partial charge on any atom is -0.351 e. The van der Waals surface area contributed by atoms with E-state index in [-0.39, 0.29) is 5.91 Å². The molecule has 1 aliphatic rings.